The predicted molar refractivity (Wildman–Crippen MR) is 128 cm³/mol. The van der Waals surface area contributed by atoms with Gasteiger partial charge in [0, 0.05) is 36.1 Å². The molecular formula is C25H31ClN2O5. The number of unbranched alkanes of at least 4 members (excludes halogenated alkanes) is 1. The van der Waals surface area contributed by atoms with Crippen molar-refractivity contribution in [2.75, 3.05) is 41.0 Å². The van der Waals surface area contributed by atoms with Crippen LogP contribution in [0.1, 0.15) is 41.6 Å². The number of rotatable bonds is 9. The van der Waals surface area contributed by atoms with Crippen LogP contribution < -0.4 is 19.5 Å². The molecule has 1 heterocycles. The van der Waals surface area contributed by atoms with Gasteiger partial charge in [-0.25, -0.2) is 0 Å². The quantitative estimate of drug-likeness (QED) is 0.553. The summed E-state index contributed by atoms with van der Waals surface area (Å²) in [7, 11) is 4.66. The molecule has 0 aliphatic carbocycles. The Balaban J connectivity index is 1.95. The van der Waals surface area contributed by atoms with E-state index >= 15 is 0 Å². The Labute approximate surface area is 200 Å². The molecule has 2 unspecified atom stereocenters. The van der Waals surface area contributed by atoms with Crippen molar-refractivity contribution < 1.29 is 23.8 Å². The van der Waals surface area contributed by atoms with Crippen LogP contribution in [0.4, 0.5) is 0 Å². The zero-order valence-corrected chi connectivity index (χ0v) is 20.3. The van der Waals surface area contributed by atoms with Gasteiger partial charge in [-0.3, -0.25) is 9.59 Å². The number of ether oxygens (including phenoxy) is 3. The Hall–Kier alpha value is -2.93. The Morgan fingerprint density at radius 3 is 2.33 bits per heavy atom. The molecule has 0 aromatic heterocycles. The number of hydrogen-bond donors (Lipinski definition) is 1. The highest BCUT2D eigenvalue weighted by Gasteiger charge is 2.41. The molecular weight excluding hydrogens is 444 g/mol. The molecule has 2 atom stereocenters. The Kier molecular flexibility index (Phi) is 8.44. The average molecular weight is 475 g/mol. The summed E-state index contributed by atoms with van der Waals surface area (Å²) < 4.78 is 16.5. The van der Waals surface area contributed by atoms with Crippen LogP contribution >= 0.6 is 11.6 Å². The summed E-state index contributed by atoms with van der Waals surface area (Å²) in [6, 6.07) is 10.6. The zero-order chi connectivity index (χ0) is 24.0. The number of nitrogens with zero attached hydrogens (tertiary/aromatic N) is 1. The molecule has 8 heteroatoms. The van der Waals surface area contributed by atoms with Crippen molar-refractivity contribution in [2.45, 2.75) is 25.7 Å². The van der Waals surface area contributed by atoms with Gasteiger partial charge >= 0.3 is 0 Å². The first-order chi connectivity index (χ1) is 15.9. The summed E-state index contributed by atoms with van der Waals surface area (Å²) in [4.78, 5) is 28.1. The summed E-state index contributed by atoms with van der Waals surface area (Å²) >= 11 is 6.09. The molecule has 2 aromatic rings. The van der Waals surface area contributed by atoms with Gasteiger partial charge in [-0.15, -0.1) is 0 Å². The molecule has 3 rings (SSSR count). The summed E-state index contributed by atoms with van der Waals surface area (Å²) in [6.45, 7) is 3.38. The second-order valence-electron chi connectivity index (χ2n) is 8.04. The first-order valence-corrected chi connectivity index (χ1v) is 11.4. The van der Waals surface area contributed by atoms with E-state index in [4.69, 9.17) is 25.8 Å². The van der Waals surface area contributed by atoms with Crippen LogP contribution in [0.2, 0.25) is 5.02 Å². The fraction of sp³-hybridized carbons (Fsp3) is 0.440. The van der Waals surface area contributed by atoms with Gasteiger partial charge in [0.05, 0.1) is 27.2 Å². The summed E-state index contributed by atoms with van der Waals surface area (Å²) in [5.74, 6) is 0.643. The summed E-state index contributed by atoms with van der Waals surface area (Å²) in [5, 5.41) is 3.52. The van der Waals surface area contributed by atoms with Crippen LogP contribution in [-0.2, 0) is 4.79 Å². The standard InChI is InChI=1S/C25H31ClN2O5/c1-5-6-10-27-24(29)20-15-28(25(30)16-8-7-9-18(26)11-16)14-19(20)17-12-21(31-2)23(33-4)22(13-17)32-3/h7-9,11-13,19-20H,5-6,10,14-15H2,1-4H3,(H,27,29). The molecule has 1 fully saturated rings. The van der Waals surface area contributed by atoms with Gasteiger partial charge in [0.2, 0.25) is 11.7 Å². The van der Waals surface area contributed by atoms with E-state index in [0.29, 0.717) is 47.5 Å². The number of hydrogen-bond acceptors (Lipinski definition) is 5. The maximum Gasteiger partial charge on any atom is 0.253 e. The molecule has 33 heavy (non-hydrogen) atoms. The monoisotopic (exact) mass is 474 g/mol. The Bertz CT molecular complexity index is 972. The van der Waals surface area contributed by atoms with Gasteiger partial charge in [-0.05, 0) is 42.3 Å². The second-order valence-corrected chi connectivity index (χ2v) is 8.47. The number of halogens is 1. The minimum absolute atomic E-state index is 0.0661. The molecule has 0 radical (unpaired) electrons. The lowest BCUT2D eigenvalue weighted by molar-refractivity contribution is -0.124. The average Bonchev–Trinajstić information content (AvgIpc) is 3.28. The van der Waals surface area contributed by atoms with Gasteiger partial charge in [0.15, 0.2) is 11.5 Å². The number of carbonyl (C=O) groups is 2. The van der Waals surface area contributed by atoms with Crippen LogP contribution in [0.15, 0.2) is 36.4 Å². The van der Waals surface area contributed by atoms with Crippen LogP contribution in [0.25, 0.3) is 0 Å². The number of amides is 2. The Morgan fingerprint density at radius 1 is 1.06 bits per heavy atom. The fourth-order valence-electron chi connectivity index (χ4n) is 4.21. The number of likely N-dealkylation sites (tertiary alicyclic amines) is 1. The molecule has 1 aliphatic heterocycles. The molecule has 1 saturated heterocycles. The zero-order valence-electron chi connectivity index (χ0n) is 19.5. The van der Waals surface area contributed by atoms with Crippen molar-refractivity contribution in [2.24, 2.45) is 5.92 Å². The van der Waals surface area contributed by atoms with Crippen molar-refractivity contribution in [3.8, 4) is 17.2 Å². The van der Waals surface area contributed by atoms with E-state index in [1.807, 2.05) is 12.1 Å². The lowest BCUT2D eigenvalue weighted by Crippen LogP contribution is -2.36. The van der Waals surface area contributed by atoms with Crippen LogP contribution in [-0.4, -0.2) is 57.7 Å². The minimum atomic E-state index is -0.409. The van der Waals surface area contributed by atoms with Gasteiger partial charge in [-0.2, -0.15) is 0 Å². The fourth-order valence-corrected chi connectivity index (χ4v) is 4.40. The predicted octanol–water partition coefficient (Wildman–Crippen LogP) is 4.14. The highest BCUT2D eigenvalue weighted by molar-refractivity contribution is 6.30. The van der Waals surface area contributed by atoms with Crippen molar-refractivity contribution >= 4 is 23.4 Å². The normalized spacial score (nSPS) is 17.5. The molecule has 178 valence electrons. The molecule has 1 N–H and O–H groups in total. The molecule has 2 aromatic carbocycles. The van der Waals surface area contributed by atoms with E-state index in [0.717, 1.165) is 18.4 Å². The molecule has 0 spiro atoms. The van der Waals surface area contributed by atoms with Gasteiger partial charge in [-0.1, -0.05) is 31.0 Å². The number of nitrogens with one attached hydrogen (secondary N) is 1. The smallest absolute Gasteiger partial charge is 0.253 e. The summed E-state index contributed by atoms with van der Waals surface area (Å²) in [5.41, 5.74) is 1.35. The second kappa shape index (κ2) is 11.3. The lowest BCUT2D eigenvalue weighted by atomic mass is 9.88. The van der Waals surface area contributed by atoms with Crippen LogP contribution in [0.3, 0.4) is 0 Å². The third-order valence-corrected chi connectivity index (χ3v) is 6.20. The highest BCUT2D eigenvalue weighted by atomic mass is 35.5. The number of benzene rings is 2. The number of methoxy groups -OCH3 is 3. The van der Waals surface area contributed by atoms with Crippen molar-refractivity contribution in [3.05, 3.63) is 52.5 Å². The molecule has 0 bridgehead atoms. The van der Waals surface area contributed by atoms with E-state index in [1.54, 1.807) is 50.5 Å². The first kappa shape index (κ1) is 24.7. The lowest BCUT2D eigenvalue weighted by Gasteiger charge is -2.21. The molecule has 1 aliphatic rings. The maximum absolute atomic E-state index is 13.2. The molecule has 0 saturated carbocycles. The van der Waals surface area contributed by atoms with Gasteiger partial charge in [0.1, 0.15) is 0 Å². The van der Waals surface area contributed by atoms with E-state index in [2.05, 4.69) is 12.2 Å². The van der Waals surface area contributed by atoms with Crippen molar-refractivity contribution in [1.29, 1.82) is 0 Å². The summed E-state index contributed by atoms with van der Waals surface area (Å²) in [6.07, 6.45) is 1.89. The van der Waals surface area contributed by atoms with Crippen molar-refractivity contribution in [3.63, 3.8) is 0 Å². The number of carbonyl (C=O) groups excluding carboxylic acids is 2. The topological polar surface area (TPSA) is 77.1 Å². The Morgan fingerprint density at radius 2 is 1.76 bits per heavy atom. The van der Waals surface area contributed by atoms with E-state index < -0.39 is 5.92 Å². The van der Waals surface area contributed by atoms with Gasteiger partial charge in [0.25, 0.3) is 5.91 Å². The molecule has 7 nitrogen and oxygen atoms in total. The third-order valence-electron chi connectivity index (χ3n) is 5.96. The van der Waals surface area contributed by atoms with E-state index in [1.165, 1.54) is 0 Å². The minimum Gasteiger partial charge on any atom is -0.493 e. The largest absolute Gasteiger partial charge is 0.493 e. The first-order valence-electron chi connectivity index (χ1n) is 11.1. The van der Waals surface area contributed by atoms with Crippen LogP contribution in [0.5, 0.6) is 17.2 Å². The van der Waals surface area contributed by atoms with E-state index in [9.17, 15) is 9.59 Å². The molecule has 2 amide bonds. The SMILES string of the molecule is CCCCNC(=O)C1CN(C(=O)c2cccc(Cl)c2)CC1c1cc(OC)c(OC)c(OC)c1. The highest BCUT2D eigenvalue weighted by Crippen LogP contribution is 2.43. The van der Waals surface area contributed by atoms with Crippen molar-refractivity contribution in [1.82, 2.24) is 10.2 Å². The van der Waals surface area contributed by atoms with Gasteiger partial charge < -0.3 is 24.4 Å². The van der Waals surface area contributed by atoms with Crippen LogP contribution in [0, 0.1) is 5.92 Å². The third kappa shape index (κ3) is 5.53. The maximum atomic E-state index is 13.2. The van der Waals surface area contributed by atoms with E-state index in [-0.39, 0.29) is 17.7 Å².